The van der Waals surface area contributed by atoms with E-state index in [-0.39, 0.29) is 0 Å². The van der Waals surface area contributed by atoms with Gasteiger partial charge in [-0.25, -0.2) is 0 Å². The van der Waals surface area contributed by atoms with Crippen molar-refractivity contribution in [3.63, 3.8) is 0 Å². The van der Waals surface area contributed by atoms with Gasteiger partial charge in [0.1, 0.15) is 0 Å². The summed E-state index contributed by atoms with van der Waals surface area (Å²) in [4.78, 5) is 0. The van der Waals surface area contributed by atoms with Crippen molar-refractivity contribution in [1.29, 1.82) is 0 Å². The minimum absolute atomic E-state index is 0.519. The molecule has 0 radical (unpaired) electrons. The van der Waals surface area contributed by atoms with Gasteiger partial charge in [-0.3, -0.25) is 0 Å². The van der Waals surface area contributed by atoms with Gasteiger partial charge < -0.3 is 0 Å². The highest BCUT2D eigenvalue weighted by Crippen LogP contribution is 2.39. The van der Waals surface area contributed by atoms with Crippen molar-refractivity contribution in [2.24, 2.45) is 17.3 Å². The Morgan fingerprint density at radius 1 is 1.08 bits per heavy atom. The third kappa shape index (κ3) is 2.80. The highest BCUT2D eigenvalue weighted by Gasteiger charge is 2.30. The third-order valence-electron chi connectivity index (χ3n) is 3.67. The molecule has 0 aliphatic heterocycles. The van der Waals surface area contributed by atoms with E-state index >= 15 is 0 Å². The summed E-state index contributed by atoms with van der Waals surface area (Å²) in [5, 5.41) is 0. The Labute approximate surface area is 78.8 Å². The fourth-order valence-corrected chi connectivity index (χ4v) is 1.92. The van der Waals surface area contributed by atoms with Crippen molar-refractivity contribution in [2.45, 2.75) is 60.8 Å². The van der Waals surface area contributed by atoms with Gasteiger partial charge in [0.05, 0.1) is 0 Å². The molecule has 1 atom stereocenters. The smallest absolute Gasteiger partial charge is 0.0303 e. The van der Waals surface area contributed by atoms with Crippen LogP contribution in [0, 0.1) is 17.3 Å². The maximum absolute atomic E-state index is 2.42. The van der Waals surface area contributed by atoms with Crippen molar-refractivity contribution in [2.75, 3.05) is 0 Å². The lowest BCUT2D eigenvalue weighted by Crippen LogP contribution is -2.29. The molecule has 0 aromatic heterocycles. The van der Waals surface area contributed by atoms with Crippen LogP contribution < -0.4 is 0 Å². The molecule has 1 unspecified atom stereocenters. The topological polar surface area (TPSA) is 0 Å². The highest BCUT2D eigenvalue weighted by molar-refractivity contribution is 4.79. The van der Waals surface area contributed by atoms with Gasteiger partial charge in [-0.05, 0) is 17.3 Å². The Bertz CT molecular complexity index is 111. The van der Waals surface area contributed by atoms with Crippen LogP contribution in [0.15, 0.2) is 0 Å². The maximum Gasteiger partial charge on any atom is -0.0303 e. The third-order valence-corrected chi connectivity index (χ3v) is 3.67. The molecule has 0 aromatic rings. The predicted octanol–water partition coefficient (Wildman–Crippen LogP) is 4.49. The van der Waals surface area contributed by atoms with Gasteiger partial charge in [0.25, 0.3) is 0 Å². The zero-order valence-electron chi connectivity index (χ0n) is 9.78. The zero-order chi connectivity index (χ0) is 9.78. The maximum atomic E-state index is 2.42. The van der Waals surface area contributed by atoms with Crippen LogP contribution in [0.4, 0.5) is 0 Å². The van der Waals surface area contributed by atoms with E-state index in [1.54, 1.807) is 0 Å². The van der Waals surface area contributed by atoms with E-state index in [9.17, 15) is 0 Å². The van der Waals surface area contributed by atoms with E-state index in [0.29, 0.717) is 5.41 Å². The first-order valence-corrected chi connectivity index (χ1v) is 5.46. The fourth-order valence-electron chi connectivity index (χ4n) is 1.92. The molecule has 74 valence electrons. The molecule has 0 heteroatoms. The summed E-state index contributed by atoms with van der Waals surface area (Å²) in [6.07, 6.45) is 4.05. The van der Waals surface area contributed by atoms with E-state index in [1.807, 2.05) is 0 Å². The summed E-state index contributed by atoms with van der Waals surface area (Å²) in [5.41, 5.74) is 0.519. The van der Waals surface area contributed by atoms with Gasteiger partial charge >= 0.3 is 0 Å². The summed E-state index contributed by atoms with van der Waals surface area (Å²) in [6.45, 7) is 14.1. The van der Waals surface area contributed by atoms with Crippen molar-refractivity contribution >= 4 is 0 Å². The van der Waals surface area contributed by atoms with Crippen molar-refractivity contribution in [3.05, 3.63) is 0 Å². The first kappa shape index (κ1) is 12.0. The molecule has 0 spiro atoms. The van der Waals surface area contributed by atoms with Crippen LogP contribution in [-0.4, -0.2) is 0 Å². The molecule has 0 saturated carbocycles. The predicted molar refractivity (Wildman–Crippen MR) is 57.3 cm³/mol. The molecule has 0 bridgehead atoms. The Balaban J connectivity index is 4.25. The molecule has 12 heavy (non-hydrogen) atoms. The average Bonchev–Trinajstić information content (AvgIpc) is 1.99. The Morgan fingerprint density at radius 2 is 1.58 bits per heavy atom. The second-order valence-electron chi connectivity index (χ2n) is 4.87. The van der Waals surface area contributed by atoms with Gasteiger partial charge in [-0.2, -0.15) is 0 Å². The molecule has 0 rings (SSSR count). The van der Waals surface area contributed by atoms with Crippen LogP contribution >= 0.6 is 0 Å². The second kappa shape index (κ2) is 4.89. The van der Waals surface area contributed by atoms with Gasteiger partial charge in [-0.1, -0.05) is 60.8 Å². The summed E-state index contributed by atoms with van der Waals surface area (Å²) in [6, 6.07) is 0. The van der Waals surface area contributed by atoms with Crippen LogP contribution in [-0.2, 0) is 0 Å². The number of hydrogen-bond donors (Lipinski definition) is 0. The lowest BCUT2D eigenvalue weighted by atomic mass is 9.68. The first-order chi connectivity index (χ1) is 5.46. The van der Waals surface area contributed by atoms with Crippen molar-refractivity contribution in [3.8, 4) is 0 Å². The molecule has 0 nitrogen and oxygen atoms in total. The van der Waals surface area contributed by atoms with Crippen molar-refractivity contribution in [1.82, 2.24) is 0 Å². The fraction of sp³-hybridized carbons (Fsp3) is 1.00. The van der Waals surface area contributed by atoms with Gasteiger partial charge in [0.2, 0.25) is 0 Å². The molecule has 0 saturated heterocycles. The molecule has 0 aromatic carbocycles. The van der Waals surface area contributed by atoms with E-state index in [1.165, 1.54) is 19.3 Å². The Kier molecular flexibility index (Phi) is 4.89. The van der Waals surface area contributed by atoms with Crippen LogP contribution in [0.1, 0.15) is 60.8 Å². The lowest BCUT2D eigenvalue weighted by Gasteiger charge is -2.37. The lowest BCUT2D eigenvalue weighted by molar-refractivity contribution is 0.124. The van der Waals surface area contributed by atoms with Gasteiger partial charge in [0.15, 0.2) is 0 Å². The molecule has 0 amide bonds. The molecular formula is C12H26. The normalized spacial score (nSPS) is 15.2. The van der Waals surface area contributed by atoms with E-state index in [4.69, 9.17) is 0 Å². The minimum Gasteiger partial charge on any atom is -0.0654 e. The zero-order valence-corrected chi connectivity index (χ0v) is 9.78. The number of hydrogen-bond acceptors (Lipinski definition) is 0. The van der Waals surface area contributed by atoms with Crippen LogP contribution in [0.25, 0.3) is 0 Å². The quantitative estimate of drug-likeness (QED) is 0.570. The highest BCUT2D eigenvalue weighted by atomic mass is 14.3. The summed E-state index contributed by atoms with van der Waals surface area (Å²) in [7, 11) is 0. The molecular weight excluding hydrogens is 144 g/mol. The molecule has 0 N–H and O–H groups in total. The van der Waals surface area contributed by atoms with E-state index in [2.05, 4.69) is 41.5 Å². The monoisotopic (exact) mass is 170 g/mol. The summed E-state index contributed by atoms with van der Waals surface area (Å²) >= 11 is 0. The standard InChI is InChI=1S/C12H26/c1-7-9-11(8-2)12(5,6)10(3)4/h10-11H,7-9H2,1-6H3. The SMILES string of the molecule is CCCC(CC)C(C)(C)C(C)C. The van der Waals surface area contributed by atoms with Gasteiger partial charge in [-0.15, -0.1) is 0 Å². The Morgan fingerprint density at radius 3 is 1.83 bits per heavy atom. The second-order valence-corrected chi connectivity index (χ2v) is 4.87. The molecule has 0 heterocycles. The molecule has 0 fully saturated rings. The minimum atomic E-state index is 0.519. The number of rotatable bonds is 5. The van der Waals surface area contributed by atoms with E-state index < -0.39 is 0 Å². The summed E-state index contributed by atoms with van der Waals surface area (Å²) < 4.78 is 0. The average molecular weight is 170 g/mol. The summed E-state index contributed by atoms with van der Waals surface area (Å²) in [5.74, 6) is 1.71. The van der Waals surface area contributed by atoms with Crippen LogP contribution in [0.5, 0.6) is 0 Å². The van der Waals surface area contributed by atoms with Crippen LogP contribution in [0.3, 0.4) is 0 Å². The Hall–Kier alpha value is 0. The molecule has 0 aliphatic rings. The largest absolute Gasteiger partial charge is 0.0654 e. The van der Waals surface area contributed by atoms with Crippen molar-refractivity contribution < 1.29 is 0 Å². The van der Waals surface area contributed by atoms with Crippen LogP contribution in [0.2, 0.25) is 0 Å². The first-order valence-electron chi connectivity index (χ1n) is 5.46. The van der Waals surface area contributed by atoms with E-state index in [0.717, 1.165) is 11.8 Å². The van der Waals surface area contributed by atoms with Gasteiger partial charge in [0, 0.05) is 0 Å². The molecule has 0 aliphatic carbocycles.